The number of ketones is 1. The van der Waals surface area contributed by atoms with Crippen molar-refractivity contribution in [3.8, 4) is 11.8 Å². The summed E-state index contributed by atoms with van der Waals surface area (Å²) in [4.78, 5) is 13.6. The fourth-order valence-electron chi connectivity index (χ4n) is 1.62. The van der Waals surface area contributed by atoms with Crippen LogP contribution in [0.25, 0.3) is 0 Å². The average Bonchev–Trinajstić information content (AvgIpc) is 2.94. The summed E-state index contributed by atoms with van der Waals surface area (Å²) in [5, 5.41) is 8.64. The van der Waals surface area contributed by atoms with E-state index >= 15 is 0 Å². The number of carbonyl (C=O) groups is 1. The van der Waals surface area contributed by atoms with Crippen molar-refractivity contribution in [3.05, 3.63) is 51.5 Å². The largest absolute Gasteiger partial charge is 0.482 e. The second-order valence-corrected chi connectivity index (χ2v) is 5.26. The molecule has 2 rings (SSSR count). The van der Waals surface area contributed by atoms with Gasteiger partial charge < -0.3 is 4.74 Å². The second-order valence-electron chi connectivity index (χ2n) is 4.09. The van der Waals surface area contributed by atoms with Crippen molar-refractivity contribution in [1.29, 1.82) is 5.26 Å². The number of ether oxygens (including phenoxy) is 1. The van der Waals surface area contributed by atoms with Crippen LogP contribution in [0.3, 0.4) is 0 Å². The average molecular weight is 289 g/mol. The summed E-state index contributed by atoms with van der Waals surface area (Å²) in [5.74, 6) is -0.847. The Bertz CT molecular complexity index is 673. The number of aryl methyl sites for hydroxylation is 1. The van der Waals surface area contributed by atoms with Crippen molar-refractivity contribution < 1.29 is 13.9 Å². The molecule has 1 aromatic heterocycles. The molecule has 0 atom stereocenters. The van der Waals surface area contributed by atoms with Crippen molar-refractivity contribution >= 4 is 17.1 Å². The number of hydrogen-bond donors (Lipinski definition) is 0. The molecule has 0 N–H and O–H groups in total. The molecule has 0 aliphatic rings. The fraction of sp³-hybridized carbons (Fsp3) is 0.200. The minimum absolute atomic E-state index is 0.0235. The number of rotatable bonds is 5. The van der Waals surface area contributed by atoms with Crippen LogP contribution in [0.1, 0.15) is 27.0 Å². The molecule has 0 saturated carbocycles. The zero-order valence-electron chi connectivity index (χ0n) is 10.9. The Kier molecular flexibility index (Phi) is 4.49. The number of halogens is 1. The van der Waals surface area contributed by atoms with Crippen LogP contribution in [0.2, 0.25) is 0 Å². The lowest BCUT2D eigenvalue weighted by Crippen LogP contribution is -2.10. The van der Waals surface area contributed by atoms with Gasteiger partial charge in [0.15, 0.2) is 18.2 Å². The SMILES string of the molecule is CCc1ccc(C(=O)COc2ccc(C#N)cc2F)s1. The monoisotopic (exact) mass is 289 g/mol. The third-order valence-corrected chi connectivity index (χ3v) is 3.98. The molecule has 0 aliphatic carbocycles. The first-order valence-corrected chi connectivity index (χ1v) is 6.90. The lowest BCUT2D eigenvalue weighted by atomic mass is 10.2. The highest BCUT2D eigenvalue weighted by atomic mass is 32.1. The van der Waals surface area contributed by atoms with Gasteiger partial charge in [0.2, 0.25) is 5.78 Å². The van der Waals surface area contributed by atoms with E-state index in [1.807, 2.05) is 19.1 Å². The second kappa shape index (κ2) is 6.31. The Morgan fingerprint density at radius 2 is 2.20 bits per heavy atom. The summed E-state index contributed by atoms with van der Waals surface area (Å²) in [7, 11) is 0. The van der Waals surface area contributed by atoms with Gasteiger partial charge in [0.1, 0.15) is 0 Å². The van der Waals surface area contributed by atoms with Crippen LogP contribution in [0.5, 0.6) is 5.75 Å². The van der Waals surface area contributed by atoms with Gasteiger partial charge in [0, 0.05) is 4.88 Å². The van der Waals surface area contributed by atoms with E-state index in [0.717, 1.165) is 17.4 Å². The highest BCUT2D eigenvalue weighted by molar-refractivity contribution is 7.14. The molecule has 20 heavy (non-hydrogen) atoms. The lowest BCUT2D eigenvalue weighted by molar-refractivity contribution is 0.0923. The molecule has 0 radical (unpaired) electrons. The van der Waals surface area contributed by atoms with Gasteiger partial charge in [-0.25, -0.2) is 4.39 Å². The first kappa shape index (κ1) is 14.2. The van der Waals surface area contributed by atoms with Gasteiger partial charge >= 0.3 is 0 Å². The van der Waals surface area contributed by atoms with Gasteiger partial charge in [-0.15, -0.1) is 11.3 Å². The lowest BCUT2D eigenvalue weighted by Gasteiger charge is -2.05. The molecule has 1 heterocycles. The molecule has 5 heteroatoms. The molecule has 0 spiro atoms. The molecule has 0 fully saturated rings. The third-order valence-electron chi connectivity index (χ3n) is 2.70. The molecule has 3 nitrogen and oxygen atoms in total. The highest BCUT2D eigenvalue weighted by Gasteiger charge is 2.12. The Labute approximate surface area is 120 Å². The molecule has 0 saturated heterocycles. The van der Waals surface area contributed by atoms with Crippen LogP contribution in [-0.2, 0) is 6.42 Å². The van der Waals surface area contributed by atoms with E-state index in [1.54, 1.807) is 6.07 Å². The van der Waals surface area contributed by atoms with E-state index < -0.39 is 5.82 Å². The predicted octanol–water partition coefficient (Wildman–Crippen LogP) is 3.58. The predicted molar refractivity (Wildman–Crippen MR) is 74.6 cm³/mol. The summed E-state index contributed by atoms with van der Waals surface area (Å²) >= 11 is 1.42. The molecule has 0 aliphatic heterocycles. The molecule has 102 valence electrons. The summed E-state index contributed by atoms with van der Waals surface area (Å²) in [6, 6.07) is 9.38. The first-order chi connectivity index (χ1) is 9.63. The maximum Gasteiger partial charge on any atom is 0.210 e. The van der Waals surface area contributed by atoms with Gasteiger partial charge in [-0.2, -0.15) is 5.26 Å². The minimum atomic E-state index is -0.641. The van der Waals surface area contributed by atoms with E-state index in [2.05, 4.69) is 0 Å². The first-order valence-electron chi connectivity index (χ1n) is 6.08. The van der Waals surface area contributed by atoms with Crippen molar-refractivity contribution in [3.63, 3.8) is 0 Å². The molecular weight excluding hydrogens is 277 g/mol. The van der Waals surface area contributed by atoms with Crippen molar-refractivity contribution in [2.45, 2.75) is 13.3 Å². The summed E-state index contributed by atoms with van der Waals surface area (Å²) in [6.45, 7) is 1.80. The van der Waals surface area contributed by atoms with E-state index in [-0.39, 0.29) is 23.7 Å². The molecular formula is C15H12FNO2S. The zero-order chi connectivity index (χ0) is 14.5. The van der Waals surface area contributed by atoms with Crippen molar-refractivity contribution in [2.75, 3.05) is 6.61 Å². The van der Waals surface area contributed by atoms with Crippen LogP contribution in [0.4, 0.5) is 4.39 Å². The van der Waals surface area contributed by atoms with Gasteiger partial charge in [-0.3, -0.25) is 4.79 Å². The molecule has 2 aromatic rings. The summed E-state index contributed by atoms with van der Waals surface area (Å²) < 4.78 is 18.7. The van der Waals surface area contributed by atoms with Crippen LogP contribution < -0.4 is 4.74 Å². The molecule has 0 bridgehead atoms. The van der Waals surface area contributed by atoms with Gasteiger partial charge in [-0.1, -0.05) is 6.92 Å². The molecule has 0 amide bonds. The van der Waals surface area contributed by atoms with Crippen molar-refractivity contribution in [2.24, 2.45) is 0 Å². The normalized spacial score (nSPS) is 10.1. The van der Waals surface area contributed by atoms with Gasteiger partial charge in [0.05, 0.1) is 16.5 Å². The standard InChI is InChI=1S/C15H12FNO2S/c1-2-11-4-6-15(20-11)13(18)9-19-14-5-3-10(8-17)7-12(14)16/h3-7H,2,9H2,1H3. The van der Waals surface area contributed by atoms with Crippen LogP contribution >= 0.6 is 11.3 Å². The Morgan fingerprint density at radius 3 is 2.80 bits per heavy atom. The number of nitriles is 1. The maximum atomic E-state index is 13.6. The number of Topliss-reactive ketones (excluding diaryl/α,β-unsaturated/α-hetero) is 1. The van der Waals surface area contributed by atoms with Crippen LogP contribution in [-0.4, -0.2) is 12.4 Å². The summed E-state index contributed by atoms with van der Waals surface area (Å²) in [6.07, 6.45) is 0.878. The Hall–Kier alpha value is -2.19. The number of benzene rings is 1. The third kappa shape index (κ3) is 3.22. The molecule has 0 unspecified atom stereocenters. The van der Waals surface area contributed by atoms with E-state index in [1.165, 1.54) is 23.5 Å². The van der Waals surface area contributed by atoms with Crippen LogP contribution in [0, 0.1) is 17.1 Å². The highest BCUT2D eigenvalue weighted by Crippen LogP contribution is 2.20. The Balaban J connectivity index is 2.01. The zero-order valence-corrected chi connectivity index (χ0v) is 11.7. The van der Waals surface area contributed by atoms with Crippen molar-refractivity contribution in [1.82, 2.24) is 0 Å². The quantitative estimate of drug-likeness (QED) is 0.790. The van der Waals surface area contributed by atoms with E-state index in [0.29, 0.717) is 4.88 Å². The van der Waals surface area contributed by atoms with Gasteiger partial charge in [-0.05, 0) is 36.8 Å². The molecule has 1 aromatic carbocycles. The number of carbonyl (C=O) groups excluding carboxylic acids is 1. The van der Waals surface area contributed by atoms with Crippen LogP contribution in [0.15, 0.2) is 30.3 Å². The maximum absolute atomic E-state index is 13.6. The topological polar surface area (TPSA) is 50.1 Å². The number of nitrogens with zero attached hydrogens (tertiary/aromatic N) is 1. The Morgan fingerprint density at radius 1 is 1.40 bits per heavy atom. The van der Waals surface area contributed by atoms with Gasteiger partial charge in [0.25, 0.3) is 0 Å². The fourth-order valence-corrected chi connectivity index (χ4v) is 2.49. The minimum Gasteiger partial charge on any atom is -0.482 e. The smallest absolute Gasteiger partial charge is 0.210 e. The number of thiophene rings is 1. The van der Waals surface area contributed by atoms with E-state index in [4.69, 9.17) is 10.00 Å². The van der Waals surface area contributed by atoms with E-state index in [9.17, 15) is 9.18 Å². The summed E-state index contributed by atoms with van der Waals surface area (Å²) in [5.41, 5.74) is 0.215. The number of hydrogen-bond acceptors (Lipinski definition) is 4.